The summed E-state index contributed by atoms with van der Waals surface area (Å²) in [5.41, 5.74) is 2.78. The predicted molar refractivity (Wildman–Crippen MR) is 121 cm³/mol. The SMILES string of the molecule is O=C1CC(c2ccccc2)N(Cc2ccncc2)CCCN(C(=O)c2ccoc2)CCN1. The molecule has 2 amide bonds. The first kappa shape index (κ1) is 21.8. The molecule has 7 nitrogen and oxygen atoms in total. The molecule has 0 saturated carbocycles. The Bertz CT molecular complexity index is 993. The third-order valence-electron chi connectivity index (χ3n) is 5.77. The fourth-order valence-corrected chi connectivity index (χ4v) is 4.13. The van der Waals surface area contributed by atoms with Gasteiger partial charge in [-0.25, -0.2) is 0 Å². The summed E-state index contributed by atoms with van der Waals surface area (Å²) in [6, 6.07) is 15.8. The summed E-state index contributed by atoms with van der Waals surface area (Å²) < 4.78 is 5.08. The number of carbonyl (C=O) groups excluding carboxylic acids is 2. The largest absolute Gasteiger partial charge is 0.472 e. The molecule has 0 aliphatic carbocycles. The number of hydrogen-bond acceptors (Lipinski definition) is 5. The minimum atomic E-state index is -0.0764. The second-order valence-corrected chi connectivity index (χ2v) is 7.96. The number of nitrogens with one attached hydrogen (secondary N) is 1. The van der Waals surface area contributed by atoms with Gasteiger partial charge in [0, 0.05) is 57.6 Å². The molecule has 32 heavy (non-hydrogen) atoms. The highest BCUT2D eigenvalue weighted by Crippen LogP contribution is 2.27. The van der Waals surface area contributed by atoms with E-state index in [2.05, 4.69) is 27.3 Å². The van der Waals surface area contributed by atoms with Crippen molar-refractivity contribution in [1.82, 2.24) is 20.1 Å². The Balaban J connectivity index is 1.57. The molecule has 1 saturated heterocycles. The van der Waals surface area contributed by atoms with E-state index in [1.165, 1.54) is 12.5 Å². The Labute approximate surface area is 188 Å². The number of benzene rings is 1. The average molecular weight is 433 g/mol. The maximum Gasteiger partial charge on any atom is 0.257 e. The maximum absolute atomic E-state index is 12.9. The summed E-state index contributed by atoms with van der Waals surface area (Å²) in [5, 5.41) is 3.00. The van der Waals surface area contributed by atoms with Crippen LogP contribution in [-0.2, 0) is 11.3 Å². The molecular formula is C25H28N4O3. The first-order valence-corrected chi connectivity index (χ1v) is 11.0. The number of furan rings is 1. The minimum Gasteiger partial charge on any atom is -0.472 e. The van der Waals surface area contributed by atoms with E-state index in [1.54, 1.807) is 23.4 Å². The third kappa shape index (κ3) is 5.62. The third-order valence-corrected chi connectivity index (χ3v) is 5.77. The van der Waals surface area contributed by atoms with Crippen LogP contribution in [0.4, 0.5) is 0 Å². The van der Waals surface area contributed by atoms with Crippen LogP contribution in [-0.4, -0.2) is 52.8 Å². The van der Waals surface area contributed by atoms with Crippen molar-refractivity contribution < 1.29 is 14.0 Å². The van der Waals surface area contributed by atoms with Crippen LogP contribution in [0.3, 0.4) is 0 Å². The van der Waals surface area contributed by atoms with Crippen molar-refractivity contribution >= 4 is 11.8 Å². The Morgan fingerprint density at radius 2 is 1.88 bits per heavy atom. The monoisotopic (exact) mass is 432 g/mol. The highest BCUT2D eigenvalue weighted by Gasteiger charge is 2.25. The molecule has 3 aromatic rings. The van der Waals surface area contributed by atoms with E-state index in [9.17, 15) is 9.59 Å². The minimum absolute atomic E-state index is 0.0174. The smallest absolute Gasteiger partial charge is 0.257 e. The molecule has 1 fully saturated rings. The molecular weight excluding hydrogens is 404 g/mol. The summed E-state index contributed by atoms with van der Waals surface area (Å²) in [6.45, 7) is 2.95. The Kier molecular flexibility index (Phi) is 7.30. The van der Waals surface area contributed by atoms with E-state index >= 15 is 0 Å². The van der Waals surface area contributed by atoms with Gasteiger partial charge in [0.1, 0.15) is 6.26 Å². The Morgan fingerprint density at radius 3 is 2.62 bits per heavy atom. The molecule has 1 atom stereocenters. The van der Waals surface area contributed by atoms with Crippen LogP contribution in [0.2, 0.25) is 0 Å². The first-order valence-electron chi connectivity index (χ1n) is 11.0. The zero-order chi connectivity index (χ0) is 22.2. The molecule has 166 valence electrons. The quantitative estimate of drug-likeness (QED) is 0.685. The second-order valence-electron chi connectivity index (χ2n) is 7.96. The van der Waals surface area contributed by atoms with E-state index in [0.717, 1.165) is 24.1 Å². The van der Waals surface area contributed by atoms with Gasteiger partial charge in [0.2, 0.25) is 5.91 Å². The van der Waals surface area contributed by atoms with Gasteiger partial charge >= 0.3 is 0 Å². The number of nitrogens with zero attached hydrogens (tertiary/aromatic N) is 3. The molecule has 3 heterocycles. The summed E-state index contributed by atoms with van der Waals surface area (Å²) in [6.07, 6.45) is 7.71. The van der Waals surface area contributed by atoms with Crippen molar-refractivity contribution in [3.05, 3.63) is 90.1 Å². The van der Waals surface area contributed by atoms with Gasteiger partial charge in [0.05, 0.1) is 11.8 Å². The predicted octanol–water partition coefficient (Wildman–Crippen LogP) is 3.27. The second kappa shape index (κ2) is 10.7. The molecule has 4 rings (SSSR count). The summed E-state index contributed by atoms with van der Waals surface area (Å²) in [5.74, 6) is -0.0938. The molecule has 2 aromatic heterocycles. The van der Waals surface area contributed by atoms with Crippen LogP contribution < -0.4 is 5.32 Å². The van der Waals surface area contributed by atoms with Crippen LogP contribution in [0.25, 0.3) is 0 Å². The molecule has 1 aromatic carbocycles. The summed E-state index contributed by atoms with van der Waals surface area (Å²) in [7, 11) is 0. The van der Waals surface area contributed by atoms with Crippen molar-refractivity contribution in [3.63, 3.8) is 0 Å². The molecule has 7 heteroatoms. The van der Waals surface area contributed by atoms with E-state index in [0.29, 0.717) is 38.2 Å². The maximum atomic E-state index is 12.9. The Hall–Kier alpha value is -3.45. The van der Waals surface area contributed by atoms with Crippen LogP contribution in [0.1, 0.15) is 40.4 Å². The van der Waals surface area contributed by atoms with Crippen LogP contribution in [0.15, 0.2) is 77.9 Å². The Morgan fingerprint density at radius 1 is 1.06 bits per heavy atom. The number of aromatic nitrogens is 1. The number of hydrogen-bond donors (Lipinski definition) is 1. The van der Waals surface area contributed by atoms with Crippen LogP contribution >= 0.6 is 0 Å². The lowest BCUT2D eigenvalue weighted by Gasteiger charge is -2.32. The van der Waals surface area contributed by atoms with Crippen molar-refractivity contribution in [1.29, 1.82) is 0 Å². The lowest BCUT2D eigenvalue weighted by molar-refractivity contribution is -0.122. The van der Waals surface area contributed by atoms with Gasteiger partial charge in [-0.2, -0.15) is 0 Å². The fourth-order valence-electron chi connectivity index (χ4n) is 4.13. The van der Waals surface area contributed by atoms with E-state index in [-0.39, 0.29) is 17.9 Å². The molecule has 1 aliphatic rings. The number of carbonyl (C=O) groups is 2. The van der Waals surface area contributed by atoms with Crippen molar-refractivity contribution in [3.8, 4) is 0 Å². The van der Waals surface area contributed by atoms with Gasteiger partial charge in [0.25, 0.3) is 5.91 Å². The zero-order valence-electron chi connectivity index (χ0n) is 18.0. The van der Waals surface area contributed by atoms with Gasteiger partial charge in [-0.3, -0.25) is 19.5 Å². The molecule has 1 unspecified atom stereocenters. The normalized spacial score (nSPS) is 18.6. The highest BCUT2D eigenvalue weighted by molar-refractivity contribution is 5.93. The first-order chi connectivity index (χ1) is 15.7. The average Bonchev–Trinajstić information content (AvgIpc) is 3.36. The standard InChI is InChI=1S/C25H28N4O3/c30-24-17-23(21-5-2-1-3-6-21)29(18-20-7-10-26-11-8-20)14-4-13-28(15-12-27-24)25(31)22-9-16-32-19-22/h1-3,5-11,16,19,23H,4,12-15,17-18H2,(H,27,30). The van der Waals surface area contributed by atoms with Gasteiger partial charge in [-0.05, 0) is 35.7 Å². The van der Waals surface area contributed by atoms with Crippen molar-refractivity contribution in [2.75, 3.05) is 26.2 Å². The number of pyridine rings is 1. The van der Waals surface area contributed by atoms with Gasteiger partial charge < -0.3 is 14.6 Å². The molecule has 0 spiro atoms. The zero-order valence-corrected chi connectivity index (χ0v) is 18.0. The summed E-state index contributed by atoms with van der Waals surface area (Å²) >= 11 is 0. The molecule has 1 N–H and O–H groups in total. The van der Waals surface area contributed by atoms with Gasteiger partial charge in [-0.15, -0.1) is 0 Å². The van der Waals surface area contributed by atoms with Crippen molar-refractivity contribution in [2.45, 2.75) is 25.4 Å². The highest BCUT2D eigenvalue weighted by atomic mass is 16.3. The summed E-state index contributed by atoms with van der Waals surface area (Å²) in [4.78, 5) is 34.0. The van der Waals surface area contributed by atoms with E-state index < -0.39 is 0 Å². The van der Waals surface area contributed by atoms with Crippen LogP contribution in [0, 0.1) is 0 Å². The van der Waals surface area contributed by atoms with Crippen molar-refractivity contribution in [2.24, 2.45) is 0 Å². The van der Waals surface area contributed by atoms with E-state index in [4.69, 9.17) is 4.42 Å². The molecule has 0 radical (unpaired) electrons. The number of amides is 2. The lowest BCUT2D eigenvalue weighted by Crippen LogP contribution is -2.39. The van der Waals surface area contributed by atoms with Gasteiger partial charge in [-0.1, -0.05) is 30.3 Å². The van der Waals surface area contributed by atoms with Crippen LogP contribution in [0.5, 0.6) is 0 Å². The molecule has 1 aliphatic heterocycles. The van der Waals surface area contributed by atoms with Gasteiger partial charge in [0.15, 0.2) is 0 Å². The number of rotatable bonds is 4. The topological polar surface area (TPSA) is 78.7 Å². The van der Waals surface area contributed by atoms with E-state index in [1.807, 2.05) is 30.3 Å². The fraction of sp³-hybridized carbons (Fsp3) is 0.320. The molecule has 0 bridgehead atoms. The lowest BCUT2D eigenvalue weighted by atomic mass is 10.00.